The molecule has 0 radical (unpaired) electrons. The van der Waals surface area contributed by atoms with Gasteiger partial charge in [-0.2, -0.15) is 0 Å². The summed E-state index contributed by atoms with van der Waals surface area (Å²) in [6.07, 6.45) is 12.8. The highest BCUT2D eigenvalue weighted by Gasteiger charge is 2.33. The lowest BCUT2D eigenvalue weighted by molar-refractivity contribution is -0.140. The Balaban J connectivity index is 1.39. The number of benzene rings is 1. The fourth-order valence-corrected chi connectivity index (χ4v) is 5.43. The molecule has 29 heavy (non-hydrogen) atoms. The van der Waals surface area contributed by atoms with Crippen LogP contribution in [0.25, 0.3) is 0 Å². The van der Waals surface area contributed by atoms with Crippen LogP contribution in [0.2, 0.25) is 0 Å². The summed E-state index contributed by atoms with van der Waals surface area (Å²) >= 11 is 0. The number of carbonyl (C=O) groups excluding carboxylic acids is 1. The van der Waals surface area contributed by atoms with Crippen LogP contribution in [0.1, 0.15) is 85.0 Å². The van der Waals surface area contributed by atoms with Crippen LogP contribution < -0.4 is 9.47 Å². The average Bonchev–Trinajstić information content (AvgIpc) is 2.76. The van der Waals surface area contributed by atoms with Crippen molar-refractivity contribution >= 4 is 5.97 Å². The van der Waals surface area contributed by atoms with Gasteiger partial charge in [-0.1, -0.05) is 33.1 Å². The molecule has 0 spiro atoms. The minimum atomic E-state index is -0.0510. The molecule has 3 nitrogen and oxygen atoms in total. The second-order valence-corrected chi connectivity index (χ2v) is 9.47. The number of carbonyl (C=O) groups is 1. The van der Waals surface area contributed by atoms with Crippen molar-refractivity contribution in [3.8, 4) is 11.5 Å². The fraction of sp³-hybridized carbons (Fsp3) is 0.731. The Kier molecular flexibility index (Phi) is 8.44. The van der Waals surface area contributed by atoms with Gasteiger partial charge in [-0.15, -0.1) is 0 Å². The molecule has 2 aliphatic carbocycles. The standard InChI is InChI=1S/C26H40O3/c1-4-19(3)18-20-6-8-21(9-7-20)22-10-12-23(13-11-22)26(27)29-25-16-14-24(15-17-25)28-5-2/h14-17,19-23H,4-13,18H2,1-3H3. The zero-order chi connectivity index (χ0) is 20.6. The van der Waals surface area contributed by atoms with E-state index in [9.17, 15) is 4.79 Å². The van der Waals surface area contributed by atoms with Crippen molar-refractivity contribution in [1.29, 1.82) is 0 Å². The van der Waals surface area contributed by atoms with E-state index in [1.165, 1.54) is 51.4 Å². The molecule has 0 N–H and O–H groups in total. The maximum Gasteiger partial charge on any atom is 0.314 e. The van der Waals surface area contributed by atoms with Crippen LogP contribution in [0.5, 0.6) is 11.5 Å². The largest absolute Gasteiger partial charge is 0.494 e. The van der Waals surface area contributed by atoms with Gasteiger partial charge in [0.2, 0.25) is 0 Å². The first kappa shape index (κ1) is 22.2. The van der Waals surface area contributed by atoms with Crippen LogP contribution in [0.15, 0.2) is 24.3 Å². The van der Waals surface area contributed by atoms with Crippen LogP contribution in [0.3, 0.4) is 0 Å². The minimum Gasteiger partial charge on any atom is -0.494 e. The molecular formula is C26H40O3. The first-order valence-electron chi connectivity index (χ1n) is 12.0. The maximum atomic E-state index is 12.6. The van der Waals surface area contributed by atoms with E-state index in [1.807, 2.05) is 31.2 Å². The molecule has 0 aliphatic heterocycles. The van der Waals surface area contributed by atoms with Gasteiger partial charge in [0.05, 0.1) is 12.5 Å². The third-order valence-electron chi connectivity index (χ3n) is 7.45. The molecule has 0 aromatic heterocycles. The number of ether oxygens (including phenoxy) is 2. The molecule has 1 unspecified atom stereocenters. The van der Waals surface area contributed by atoms with E-state index in [0.717, 1.165) is 42.3 Å². The zero-order valence-corrected chi connectivity index (χ0v) is 18.7. The lowest BCUT2D eigenvalue weighted by Crippen LogP contribution is -2.30. The Morgan fingerprint density at radius 2 is 1.45 bits per heavy atom. The molecule has 2 fully saturated rings. The van der Waals surface area contributed by atoms with E-state index >= 15 is 0 Å². The van der Waals surface area contributed by atoms with Crippen LogP contribution in [0.4, 0.5) is 0 Å². The quantitative estimate of drug-likeness (QED) is 0.347. The lowest BCUT2D eigenvalue weighted by atomic mass is 9.68. The molecule has 3 heteroatoms. The van der Waals surface area contributed by atoms with Gasteiger partial charge in [0.15, 0.2) is 0 Å². The van der Waals surface area contributed by atoms with Gasteiger partial charge >= 0.3 is 5.97 Å². The number of esters is 1. The van der Waals surface area contributed by atoms with Crippen molar-refractivity contribution in [2.75, 3.05) is 6.61 Å². The van der Waals surface area contributed by atoms with Crippen molar-refractivity contribution < 1.29 is 14.3 Å². The smallest absolute Gasteiger partial charge is 0.314 e. The summed E-state index contributed by atoms with van der Waals surface area (Å²) < 4.78 is 11.1. The van der Waals surface area contributed by atoms with Gasteiger partial charge in [-0.3, -0.25) is 4.79 Å². The van der Waals surface area contributed by atoms with E-state index in [4.69, 9.17) is 9.47 Å². The lowest BCUT2D eigenvalue weighted by Gasteiger charge is -2.37. The van der Waals surface area contributed by atoms with Crippen LogP contribution in [0, 0.1) is 29.6 Å². The molecule has 2 saturated carbocycles. The van der Waals surface area contributed by atoms with E-state index < -0.39 is 0 Å². The summed E-state index contributed by atoms with van der Waals surface area (Å²) in [6, 6.07) is 7.37. The molecule has 0 amide bonds. The summed E-state index contributed by atoms with van der Waals surface area (Å²) in [5.41, 5.74) is 0. The molecule has 3 rings (SSSR count). The van der Waals surface area contributed by atoms with E-state index in [0.29, 0.717) is 12.4 Å². The first-order chi connectivity index (χ1) is 14.1. The Morgan fingerprint density at radius 1 is 0.897 bits per heavy atom. The fourth-order valence-electron chi connectivity index (χ4n) is 5.43. The topological polar surface area (TPSA) is 35.5 Å². The predicted molar refractivity (Wildman–Crippen MR) is 118 cm³/mol. The van der Waals surface area contributed by atoms with Crippen molar-refractivity contribution in [3.05, 3.63) is 24.3 Å². The van der Waals surface area contributed by atoms with Crippen molar-refractivity contribution in [2.24, 2.45) is 29.6 Å². The summed E-state index contributed by atoms with van der Waals surface area (Å²) in [5.74, 6) is 5.02. The molecule has 1 atom stereocenters. The average molecular weight is 401 g/mol. The molecule has 1 aromatic carbocycles. The first-order valence-corrected chi connectivity index (χ1v) is 12.0. The van der Waals surface area contributed by atoms with E-state index in [2.05, 4.69) is 13.8 Å². The summed E-state index contributed by atoms with van der Waals surface area (Å²) in [7, 11) is 0. The van der Waals surface area contributed by atoms with Gasteiger partial charge < -0.3 is 9.47 Å². The number of rotatable bonds is 8. The monoisotopic (exact) mass is 400 g/mol. The molecule has 162 valence electrons. The third-order valence-corrected chi connectivity index (χ3v) is 7.45. The molecular weight excluding hydrogens is 360 g/mol. The Bertz CT molecular complexity index is 607. The van der Waals surface area contributed by atoms with Gasteiger partial charge in [0.25, 0.3) is 0 Å². The molecule has 1 aromatic rings. The van der Waals surface area contributed by atoms with Gasteiger partial charge in [0, 0.05) is 0 Å². The van der Waals surface area contributed by atoms with Crippen LogP contribution >= 0.6 is 0 Å². The summed E-state index contributed by atoms with van der Waals surface area (Å²) in [6.45, 7) is 7.32. The minimum absolute atomic E-state index is 0.0510. The Labute approximate surface area is 177 Å². The van der Waals surface area contributed by atoms with Gasteiger partial charge in [0.1, 0.15) is 11.5 Å². The van der Waals surface area contributed by atoms with Crippen molar-refractivity contribution in [3.63, 3.8) is 0 Å². The molecule has 2 aliphatic rings. The normalized spacial score (nSPS) is 28.5. The van der Waals surface area contributed by atoms with Gasteiger partial charge in [-0.25, -0.2) is 0 Å². The van der Waals surface area contributed by atoms with E-state index in [1.54, 1.807) is 0 Å². The second kappa shape index (κ2) is 11.0. The van der Waals surface area contributed by atoms with Crippen molar-refractivity contribution in [2.45, 2.75) is 85.0 Å². The molecule has 0 bridgehead atoms. The van der Waals surface area contributed by atoms with Crippen molar-refractivity contribution in [1.82, 2.24) is 0 Å². The van der Waals surface area contributed by atoms with Crippen LogP contribution in [-0.2, 0) is 4.79 Å². The zero-order valence-electron chi connectivity index (χ0n) is 18.7. The Morgan fingerprint density at radius 3 is 2.00 bits per heavy atom. The number of hydrogen-bond donors (Lipinski definition) is 0. The Hall–Kier alpha value is -1.51. The number of hydrogen-bond acceptors (Lipinski definition) is 3. The molecule has 0 saturated heterocycles. The maximum absolute atomic E-state index is 12.6. The highest BCUT2D eigenvalue weighted by Crippen LogP contribution is 2.43. The van der Waals surface area contributed by atoms with E-state index in [-0.39, 0.29) is 11.9 Å². The highest BCUT2D eigenvalue weighted by molar-refractivity contribution is 5.75. The third kappa shape index (κ3) is 6.49. The second-order valence-electron chi connectivity index (χ2n) is 9.47. The SMILES string of the molecule is CCOc1ccc(OC(=O)C2CCC(C3CCC(CC(C)CC)CC3)CC2)cc1. The summed E-state index contributed by atoms with van der Waals surface area (Å²) in [4.78, 5) is 12.6. The van der Waals surface area contributed by atoms with Crippen LogP contribution in [-0.4, -0.2) is 12.6 Å². The predicted octanol–water partition coefficient (Wildman–Crippen LogP) is 7.04. The van der Waals surface area contributed by atoms with Gasteiger partial charge in [-0.05, 0) is 99.8 Å². The highest BCUT2D eigenvalue weighted by atomic mass is 16.5. The molecule has 0 heterocycles. The summed E-state index contributed by atoms with van der Waals surface area (Å²) in [5, 5.41) is 0.